The average Bonchev–Trinajstić information content (AvgIpc) is 2.66. The summed E-state index contributed by atoms with van der Waals surface area (Å²) in [6.45, 7) is 6.04. The molecule has 142 valence electrons. The minimum absolute atomic E-state index is 0.779. The Hall–Kier alpha value is -1.18. The molecular formula is C23H38O2. The fraction of sp³-hybridized carbons (Fsp3) is 0.739. The van der Waals surface area contributed by atoms with Gasteiger partial charge >= 0.3 is 0 Å². The van der Waals surface area contributed by atoms with Crippen LogP contribution in [0, 0.1) is 11.8 Å². The van der Waals surface area contributed by atoms with Crippen molar-refractivity contribution < 1.29 is 9.47 Å². The van der Waals surface area contributed by atoms with Crippen molar-refractivity contribution in [1.29, 1.82) is 0 Å². The van der Waals surface area contributed by atoms with Crippen LogP contribution in [0.4, 0.5) is 0 Å². The predicted octanol–water partition coefficient (Wildman–Crippen LogP) is 7.02. The van der Waals surface area contributed by atoms with Gasteiger partial charge in [-0.05, 0) is 55.4 Å². The highest BCUT2D eigenvalue weighted by Crippen LogP contribution is 2.34. The second-order valence-corrected chi connectivity index (χ2v) is 7.69. The molecule has 0 aromatic heterocycles. The molecule has 0 amide bonds. The Balaban J connectivity index is 1.53. The van der Waals surface area contributed by atoms with Crippen molar-refractivity contribution >= 4 is 0 Å². The van der Waals surface area contributed by atoms with Crippen molar-refractivity contribution in [3.63, 3.8) is 0 Å². The molecule has 1 aromatic rings. The zero-order valence-corrected chi connectivity index (χ0v) is 16.5. The molecule has 1 aliphatic carbocycles. The van der Waals surface area contributed by atoms with Gasteiger partial charge in [-0.25, -0.2) is 0 Å². The Kier molecular flexibility index (Phi) is 9.84. The van der Waals surface area contributed by atoms with E-state index < -0.39 is 0 Å². The van der Waals surface area contributed by atoms with Crippen molar-refractivity contribution in [2.75, 3.05) is 13.2 Å². The minimum Gasteiger partial charge on any atom is -0.494 e. The van der Waals surface area contributed by atoms with E-state index in [-0.39, 0.29) is 0 Å². The van der Waals surface area contributed by atoms with Gasteiger partial charge in [0.2, 0.25) is 0 Å². The SMILES string of the molecule is CCCCC[C@H]1CC[C@H](CCCOc2ccc(OCCC)cc2)CC1. The van der Waals surface area contributed by atoms with Gasteiger partial charge in [-0.15, -0.1) is 0 Å². The summed E-state index contributed by atoms with van der Waals surface area (Å²) < 4.78 is 11.5. The van der Waals surface area contributed by atoms with E-state index in [0.29, 0.717) is 0 Å². The van der Waals surface area contributed by atoms with E-state index in [1.54, 1.807) is 0 Å². The van der Waals surface area contributed by atoms with Gasteiger partial charge in [-0.1, -0.05) is 65.2 Å². The molecule has 0 radical (unpaired) electrons. The first-order valence-corrected chi connectivity index (χ1v) is 10.7. The maximum absolute atomic E-state index is 5.89. The fourth-order valence-electron chi connectivity index (χ4n) is 3.91. The number of rotatable bonds is 12. The summed E-state index contributed by atoms with van der Waals surface area (Å²) >= 11 is 0. The highest BCUT2D eigenvalue weighted by molar-refractivity contribution is 5.31. The van der Waals surface area contributed by atoms with Crippen LogP contribution in [0.2, 0.25) is 0 Å². The third kappa shape index (κ3) is 8.16. The molecule has 1 aromatic carbocycles. The van der Waals surface area contributed by atoms with E-state index in [1.807, 2.05) is 24.3 Å². The number of unbranched alkanes of at least 4 members (excludes halogenated alkanes) is 2. The maximum atomic E-state index is 5.89. The first-order chi connectivity index (χ1) is 12.3. The lowest BCUT2D eigenvalue weighted by molar-refractivity contribution is 0.228. The molecule has 25 heavy (non-hydrogen) atoms. The number of hydrogen-bond donors (Lipinski definition) is 0. The summed E-state index contributed by atoms with van der Waals surface area (Å²) in [5, 5.41) is 0. The Labute approximate surface area is 155 Å². The Morgan fingerprint density at radius 2 is 1.20 bits per heavy atom. The van der Waals surface area contributed by atoms with E-state index >= 15 is 0 Å². The fourth-order valence-corrected chi connectivity index (χ4v) is 3.91. The molecule has 0 unspecified atom stereocenters. The Morgan fingerprint density at radius 3 is 1.72 bits per heavy atom. The van der Waals surface area contributed by atoms with E-state index in [4.69, 9.17) is 9.47 Å². The smallest absolute Gasteiger partial charge is 0.119 e. The van der Waals surface area contributed by atoms with Gasteiger partial charge in [0.25, 0.3) is 0 Å². The molecular weight excluding hydrogens is 308 g/mol. The Bertz CT molecular complexity index is 432. The number of ether oxygens (including phenoxy) is 2. The van der Waals surface area contributed by atoms with Gasteiger partial charge in [-0.3, -0.25) is 0 Å². The molecule has 0 N–H and O–H groups in total. The highest BCUT2D eigenvalue weighted by Gasteiger charge is 2.20. The molecule has 1 aliphatic rings. The third-order valence-corrected chi connectivity index (χ3v) is 5.50. The van der Waals surface area contributed by atoms with Crippen molar-refractivity contribution in [2.24, 2.45) is 11.8 Å². The molecule has 0 saturated heterocycles. The summed E-state index contributed by atoms with van der Waals surface area (Å²) in [7, 11) is 0. The summed E-state index contributed by atoms with van der Waals surface area (Å²) in [5.74, 6) is 3.86. The van der Waals surface area contributed by atoms with E-state index in [2.05, 4.69) is 13.8 Å². The molecule has 0 atom stereocenters. The summed E-state index contributed by atoms with van der Waals surface area (Å²) in [6.07, 6.45) is 15.1. The zero-order valence-electron chi connectivity index (χ0n) is 16.5. The van der Waals surface area contributed by atoms with Crippen LogP contribution in [0.25, 0.3) is 0 Å². The molecule has 1 fully saturated rings. The molecule has 0 aliphatic heterocycles. The molecule has 0 spiro atoms. The van der Waals surface area contributed by atoms with Crippen molar-refractivity contribution in [3.8, 4) is 11.5 Å². The molecule has 1 saturated carbocycles. The second kappa shape index (κ2) is 12.2. The second-order valence-electron chi connectivity index (χ2n) is 7.69. The first-order valence-electron chi connectivity index (χ1n) is 10.7. The molecule has 0 heterocycles. The summed E-state index contributed by atoms with van der Waals surface area (Å²) in [6, 6.07) is 8.05. The lowest BCUT2D eigenvalue weighted by atomic mass is 9.78. The van der Waals surface area contributed by atoms with Crippen LogP contribution in [0.1, 0.15) is 84.5 Å². The summed E-state index contributed by atoms with van der Waals surface area (Å²) in [4.78, 5) is 0. The van der Waals surface area contributed by atoms with E-state index in [0.717, 1.165) is 43.0 Å². The third-order valence-electron chi connectivity index (χ3n) is 5.50. The standard InChI is InChI=1S/C23H38O2/c1-3-5-6-8-20-10-12-21(13-11-20)9-7-19-25-23-16-14-22(15-17-23)24-18-4-2/h14-17,20-21H,3-13,18-19H2,1-2H3/t20-,21-. The minimum atomic E-state index is 0.779. The van der Waals surface area contributed by atoms with Gasteiger partial charge in [0.1, 0.15) is 11.5 Å². The lowest BCUT2D eigenvalue weighted by Gasteiger charge is -2.28. The van der Waals surface area contributed by atoms with Gasteiger partial charge in [0.05, 0.1) is 13.2 Å². The van der Waals surface area contributed by atoms with Crippen LogP contribution in [-0.4, -0.2) is 13.2 Å². The lowest BCUT2D eigenvalue weighted by Crippen LogP contribution is -2.15. The maximum Gasteiger partial charge on any atom is 0.119 e. The van der Waals surface area contributed by atoms with E-state index in [9.17, 15) is 0 Å². The summed E-state index contributed by atoms with van der Waals surface area (Å²) in [5.41, 5.74) is 0. The molecule has 2 heteroatoms. The largest absolute Gasteiger partial charge is 0.494 e. The van der Waals surface area contributed by atoms with Gasteiger partial charge in [-0.2, -0.15) is 0 Å². The number of hydrogen-bond acceptors (Lipinski definition) is 2. The van der Waals surface area contributed by atoms with Gasteiger partial charge < -0.3 is 9.47 Å². The van der Waals surface area contributed by atoms with Crippen LogP contribution in [-0.2, 0) is 0 Å². The first kappa shape index (κ1) is 20.1. The highest BCUT2D eigenvalue weighted by atomic mass is 16.5. The van der Waals surface area contributed by atoms with Crippen molar-refractivity contribution in [3.05, 3.63) is 24.3 Å². The predicted molar refractivity (Wildman–Crippen MR) is 107 cm³/mol. The van der Waals surface area contributed by atoms with E-state index in [1.165, 1.54) is 64.2 Å². The van der Waals surface area contributed by atoms with Crippen LogP contribution in [0.15, 0.2) is 24.3 Å². The molecule has 2 rings (SSSR count). The Morgan fingerprint density at radius 1 is 0.680 bits per heavy atom. The van der Waals surface area contributed by atoms with Crippen LogP contribution < -0.4 is 9.47 Å². The van der Waals surface area contributed by atoms with Crippen molar-refractivity contribution in [1.82, 2.24) is 0 Å². The van der Waals surface area contributed by atoms with Gasteiger partial charge in [0.15, 0.2) is 0 Å². The molecule has 0 bridgehead atoms. The average molecular weight is 347 g/mol. The topological polar surface area (TPSA) is 18.5 Å². The molecule has 2 nitrogen and oxygen atoms in total. The monoisotopic (exact) mass is 346 g/mol. The quantitative estimate of drug-likeness (QED) is 0.378. The van der Waals surface area contributed by atoms with Crippen LogP contribution >= 0.6 is 0 Å². The van der Waals surface area contributed by atoms with Gasteiger partial charge in [0, 0.05) is 0 Å². The van der Waals surface area contributed by atoms with Crippen LogP contribution in [0.3, 0.4) is 0 Å². The number of benzene rings is 1. The van der Waals surface area contributed by atoms with Crippen LogP contribution in [0.5, 0.6) is 11.5 Å². The normalized spacial score (nSPS) is 20.4. The zero-order chi connectivity index (χ0) is 17.7. The van der Waals surface area contributed by atoms with Crippen molar-refractivity contribution in [2.45, 2.75) is 84.5 Å².